The van der Waals surface area contributed by atoms with Gasteiger partial charge in [-0.1, -0.05) is 12.1 Å². The van der Waals surface area contributed by atoms with Crippen molar-refractivity contribution in [1.29, 1.82) is 0 Å². The minimum absolute atomic E-state index is 0.0414. The Morgan fingerprint density at radius 1 is 0.951 bits per heavy atom. The lowest BCUT2D eigenvalue weighted by Gasteiger charge is -2.41. The van der Waals surface area contributed by atoms with Crippen molar-refractivity contribution in [1.82, 2.24) is 34.7 Å². The van der Waals surface area contributed by atoms with E-state index >= 15 is 0 Å². The number of pyridine rings is 1. The van der Waals surface area contributed by atoms with E-state index in [-0.39, 0.29) is 23.9 Å². The summed E-state index contributed by atoms with van der Waals surface area (Å²) in [7, 11) is 0. The van der Waals surface area contributed by atoms with E-state index < -0.39 is 5.82 Å². The average molecular weight is 559 g/mol. The summed E-state index contributed by atoms with van der Waals surface area (Å²) in [5.74, 6) is 0.835. The van der Waals surface area contributed by atoms with Gasteiger partial charge in [0.25, 0.3) is 0 Å². The zero-order valence-corrected chi connectivity index (χ0v) is 23.3. The highest BCUT2D eigenvalue weighted by Gasteiger charge is 2.34. The van der Waals surface area contributed by atoms with E-state index in [1.54, 1.807) is 12.2 Å². The van der Waals surface area contributed by atoms with Crippen LogP contribution in [-0.4, -0.2) is 55.6 Å². The van der Waals surface area contributed by atoms with Crippen LogP contribution < -0.4 is 21.3 Å². The van der Waals surface area contributed by atoms with Crippen LogP contribution in [0.3, 0.4) is 0 Å². The third kappa shape index (κ3) is 5.42. The Hall–Kier alpha value is -3.50. The number of imidazole rings is 1. The number of piperidine rings is 1. The van der Waals surface area contributed by atoms with Gasteiger partial charge in [0.05, 0.1) is 11.5 Å². The number of nitrogens with one attached hydrogen (secondary N) is 2. The van der Waals surface area contributed by atoms with E-state index in [1.807, 2.05) is 16.8 Å². The number of hydrogen-bond donors (Lipinski definition) is 2. The molecule has 6 heterocycles. The van der Waals surface area contributed by atoms with Crippen LogP contribution in [0.5, 0.6) is 0 Å². The molecule has 8 nitrogen and oxygen atoms in total. The van der Waals surface area contributed by atoms with Crippen LogP contribution in [0.2, 0.25) is 0 Å². The number of aromatic nitrogens is 5. The van der Waals surface area contributed by atoms with Gasteiger partial charge in [0.2, 0.25) is 5.95 Å². The molecule has 7 rings (SSSR count). The van der Waals surface area contributed by atoms with E-state index in [1.165, 1.54) is 32.1 Å². The summed E-state index contributed by atoms with van der Waals surface area (Å²) in [5, 5.41) is 7.70. The van der Waals surface area contributed by atoms with E-state index in [0.717, 1.165) is 69.7 Å². The van der Waals surface area contributed by atoms with Gasteiger partial charge in [-0.3, -0.25) is 4.90 Å². The van der Waals surface area contributed by atoms with Gasteiger partial charge in [0.15, 0.2) is 5.82 Å². The second-order valence-corrected chi connectivity index (χ2v) is 11.9. The van der Waals surface area contributed by atoms with Crippen molar-refractivity contribution in [3.63, 3.8) is 0 Å². The van der Waals surface area contributed by atoms with Crippen molar-refractivity contribution in [2.24, 2.45) is 5.41 Å². The van der Waals surface area contributed by atoms with Crippen molar-refractivity contribution < 1.29 is 8.78 Å². The van der Waals surface area contributed by atoms with Crippen molar-refractivity contribution >= 4 is 29.2 Å². The molecule has 0 amide bonds. The number of hydrogen-bond acceptors (Lipinski definition) is 7. The number of allylic oxidation sites excluding steroid dienone is 2. The first-order valence-corrected chi connectivity index (χ1v) is 14.9. The molecule has 0 unspecified atom stereocenters. The number of fused-ring (bicyclic) bond motifs is 3. The second kappa shape index (κ2) is 11.1. The molecule has 10 heteroatoms. The third-order valence-corrected chi connectivity index (χ3v) is 9.22. The summed E-state index contributed by atoms with van der Waals surface area (Å²) in [6.45, 7) is 6.24. The maximum Gasteiger partial charge on any atom is 0.229 e. The van der Waals surface area contributed by atoms with E-state index in [0.29, 0.717) is 27.5 Å². The highest BCUT2D eigenvalue weighted by molar-refractivity contribution is 5.88. The molecular formula is C31H36F2N8. The maximum absolute atomic E-state index is 15.0. The van der Waals surface area contributed by atoms with Crippen LogP contribution in [0.15, 0.2) is 30.6 Å². The highest BCUT2D eigenvalue weighted by atomic mass is 19.1. The smallest absolute Gasteiger partial charge is 0.229 e. The first-order valence-electron chi connectivity index (χ1n) is 14.9. The quantitative estimate of drug-likeness (QED) is 0.495. The van der Waals surface area contributed by atoms with Crippen LogP contribution >= 0.6 is 0 Å². The van der Waals surface area contributed by atoms with Crippen LogP contribution in [-0.2, 0) is 19.5 Å². The van der Waals surface area contributed by atoms with Gasteiger partial charge in [-0.05, 0) is 87.8 Å². The molecule has 1 spiro atoms. The second-order valence-electron chi connectivity index (χ2n) is 11.9. The molecule has 2 saturated heterocycles. The van der Waals surface area contributed by atoms with Gasteiger partial charge < -0.3 is 15.2 Å². The molecule has 0 bridgehead atoms. The SMILES string of the molecule is FC1=c2nc3n(c2=CC(c2nc(Nc4ccc(CN5CCC6(CCCNCC6)CC5)cn4)ncc2F)=CC1)CCC3. The monoisotopic (exact) mass is 558 g/mol. The topological polar surface area (TPSA) is 83.8 Å². The van der Waals surface area contributed by atoms with E-state index in [9.17, 15) is 8.78 Å². The van der Waals surface area contributed by atoms with Gasteiger partial charge in [-0.15, -0.1) is 0 Å². The lowest BCUT2D eigenvalue weighted by atomic mass is 9.73. The molecule has 3 aromatic rings. The number of anilines is 2. The molecule has 2 N–H and O–H groups in total. The Kier molecular flexibility index (Phi) is 7.12. The molecule has 3 aromatic heterocycles. The summed E-state index contributed by atoms with van der Waals surface area (Å²) in [5.41, 5.74) is 2.33. The number of likely N-dealkylation sites (tertiary alicyclic amines) is 1. The number of aryl methyl sites for hydroxylation is 1. The third-order valence-electron chi connectivity index (χ3n) is 9.22. The van der Waals surface area contributed by atoms with E-state index in [2.05, 4.69) is 41.5 Å². The lowest BCUT2D eigenvalue weighted by molar-refractivity contribution is 0.0871. The highest BCUT2D eigenvalue weighted by Crippen LogP contribution is 2.40. The molecule has 1 aliphatic carbocycles. The molecule has 0 aromatic carbocycles. The Morgan fingerprint density at radius 2 is 1.85 bits per heavy atom. The van der Waals surface area contributed by atoms with Crippen molar-refractivity contribution in [3.05, 3.63) is 64.2 Å². The zero-order chi connectivity index (χ0) is 27.8. The summed E-state index contributed by atoms with van der Waals surface area (Å²) in [4.78, 5) is 20.2. The Labute approximate surface area is 238 Å². The summed E-state index contributed by atoms with van der Waals surface area (Å²) in [6.07, 6.45) is 14.8. The van der Waals surface area contributed by atoms with Gasteiger partial charge in [0, 0.05) is 37.7 Å². The molecule has 0 atom stereocenters. The first-order chi connectivity index (χ1) is 20.1. The molecular weight excluding hydrogens is 522 g/mol. The largest absolute Gasteiger partial charge is 0.328 e. The van der Waals surface area contributed by atoms with Crippen molar-refractivity contribution in [2.75, 3.05) is 31.5 Å². The van der Waals surface area contributed by atoms with Crippen LogP contribution in [0.25, 0.3) is 17.5 Å². The molecule has 2 fully saturated rings. The standard InChI is InChI=1S/C31H36F2N8/c32-23-6-5-22(17-25-29(23)38-27-3-1-14-41(25)27)28-24(33)19-36-30(39-28)37-26-7-4-21(18-35-26)20-40-15-10-31(11-16-40)8-2-12-34-13-9-31/h4-5,7,17-19,34H,1-3,6,8-16,20H2,(H,35,36,37,39). The minimum Gasteiger partial charge on any atom is -0.328 e. The van der Waals surface area contributed by atoms with Crippen molar-refractivity contribution in [2.45, 2.75) is 64.5 Å². The predicted octanol–water partition coefficient (Wildman–Crippen LogP) is 3.60. The predicted molar refractivity (Wildman–Crippen MR) is 155 cm³/mol. The van der Waals surface area contributed by atoms with Gasteiger partial charge in [-0.25, -0.2) is 28.7 Å². The fourth-order valence-corrected chi connectivity index (χ4v) is 6.83. The van der Waals surface area contributed by atoms with Gasteiger partial charge in [0.1, 0.15) is 28.5 Å². The van der Waals surface area contributed by atoms with Gasteiger partial charge in [-0.2, -0.15) is 0 Å². The van der Waals surface area contributed by atoms with E-state index in [4.69, 9.17) is 0 Å². The molecule has 0 saturated carbocycles. The molecule has 214 valence electrons. The Balaban J connectivity index is 1.03. The fourth-order valence-electron chi connectivity index (χ4n) is 6.83. The molecule has 0 radical (unpaired) electrons. The summed E-state index contributed by atoms with van der Waals surface area (Å²) < 4.78 is 31.8. The Bertz CT molecular complexity index is 1580. The van der Waals surface area contributed by atoms with Crippen LogP contribution in [0, 0.1) is 11.2 Å². The lowest BCUT2D eigenvalue weighted by Crippen LogP contribution is -2.40. The summed E-state index contributed by atoms with van der Waals surface area (Å²) >= 11 is 0. The number of rotatable bonds is 5. The number of halogens is 2. The zero-order valence-electron chi connectivity index (χ0n) is 23.3. The normalized spacial score (nSPS) is 20.5. The average Bonchev–Trinajstić information content (AvgIpc) is 3.45. The molecule has 4 aliphatic rings. The molecule has 41 heavy (non-hydrogen) atoms. The molecule has 3 aliphatic heterocycles. The summed E-state index contributed by atoms with van der Waals surface area (Å²) in [6, 6.07) is 3.98. The maximum atomic E-state index is 15.0. The number of nitrogens with zero attached hydrogens (tertiary/aromatic N) is 6. The van der Waals surface area contributed by atoms with Crippen LogP contribution in [0.1, 0.15) is 62.0 Å². The van der Waals surface area contributed by atoms with Gasteiger partial charge >= 0.3 is 0 Å². The minimum atomic E-state index is -0.560. The fraction of sp³-hybridized carbons (Fsp3) is 0.484. The van der Waals surface area contributed by atoms with Crippen LogP contribution in [0.4, 0.5) is 20.5 Å². The Morgan fingerprint density at radius 3 is 2.71 bits per heavy atom. The first kappa shape index (κ1) is 26.4. The van der Waals surface area contributed by atoms with Crippen molar-refractivity contribution in [3.8, 4) is 0 Å².